The molecule has 32 heavy (non-hydrogen) atoms. The number of hydrogen-bond acceptors (Lipinski definition) is 5. The summed E-state index contributed by atoms with van der Waals surface area (Å²) in [6.07, 6.45) is 0.713. The van der Waals surface area contributed by atoms with E-state index in [1.54, 1.807) is 41.3 Å². The summed E-state index contributed by atoms with van der Waals surface area (Å²) >= 11 is 0. The Morgan fingerprint density at radius 3 is 2.44 bits per heavy atom. The van der Waals surface area contributed by atoms with Crippen molar-refractivity contribution in [2.45, 2.75) is 17.9 Å². The van der Waals surface area contributed by atoms with E-state index in [2.05, 4.69) is 4.72 Å². The summed E-state index contributed by atoms with van der Waals surface area (Å²) < 4.78 is 39.1. The van der Waals surface area contributed by atoms with Crippen molar-refractivity contribution in [2.24, 2.45) is 0 Å². The molecule has 0 bridgehead atoms. The van der Waals surface area contributed by atoms with Crippen LogP contribution in [-0.2, 0) is 23.0 Å². The fraction of sp³-hybridized carbons (Fsp3) is 0.208. The lowest BCUT2D eigenvalue weighted by Gasteiger charge is -2.29. The molecule has 0 radical (unpaired) electrons. The first-order valence-electron chi connectivity index (χ1n) is 10.1. The fourth-order valence-electron chi connectivity index (χ4n) is 3.76. The topological polar surface area (TPSA) is 84.9 Å². The van der Waals surface area contributed by atoms with E-state index in [4.69, 9.17) is 9.47 Å². The van der Waals surface area contributed by atoms with Crippen molar-refractivity contribution in [3.05, 3.63) is 83.4 Å². The average molecular weight is 453 g/mol. The molecular formula is C24H24N2O5S. The number of nitrogens with zero attached hydrogens (tertiary/aromatic N) is 1. The molecular weight excluding hydrogens is 428 g/mol. The van der Waals surface area contributed by atoms with Crippen molar-refractivity contribution in [1.29, 1.82) is 0 Å². The molecule has 0 fully saturated rings. The standard InChI is InChI=1S/C24H24N2O5S/c1-30-21-10-11-22(31-2)23(15-21)32(28,29)25-20-9-8-17-12-13-26(16-19(17)14-20)24(27)18-6-4-3-5-7-18/h3-11,14-15,25H,12-13,16H2,1-2H3. The van der Waals surface area contributed by atoms with E-state index in [0.717, 1.165) is 11.1 Å². The summed E-state index contributed by atoms with van der Waals surface area (Å²) in [5, 5.41) is 0. The van der Waals surface area contributed by atoms with Crippen LogP contribution in [0.4, 0.5) is 5.69 Å². The van der Waals surface area contributed by atoms with Gasteiger partial charge in [-0.1, -0.05) is 24.3 Å². The molecule has 0 aliphatic carbocycles. The molecule has 8 heteroatoms. The number of benzene rings is 3. The number of carbonyl (C=O) groups excluding carboxylic acids is 1. The highest BCUT2D eigenvalue weighted by Gasteiger charge is 2.24. The van der Waals surface area contributed by atoms with Crippen LogP contribution in [0.5, 0.6) is 11.5 Å². The van der Waals surface area contributed by atoms with Crippen molar-refractivity contribution >= 4 is 21.6 Å². The Balaban J connectivity index is 1.58. The minimum absolute atomic E-state index is 0.0158. The zero-order valence-corrected chi connectivity index (χ0v) is 18.7. The van der Waals surface area contributed by atoms with E-state index in [1.165, 1.54) is 20.3 Å². The van der Waals surface area contributed by atoms with E-state index in [0.29, 0.717) is 36.5 Å². The second-order valence-corrected chi connectivity index (χ2v) is 9.10. The predicted octanol–water partition coefficient (Wildman–Crippen LogP) is 3.70. The third kappa shape index (κ3) is 4.40. The molecule has 1 aliphatic heterocycles. The highest BCUT2D eigenvalue weighted by Crippen LogP contribution is 2.31. The number of carbonyl (C=O) groups is 1. The van der Waals surface area contributed by atoms with Crippen molar-refractivity contribution in [2.75, 3.05) is 25.5 Å². The zero-order valence-electron chi connectivity index (χ0n) is 17.9. The van der Waals surface area contributed by atoms with Gasteiger partial charge in [-0.05, 0) is 53.9 Å². The van der Waals surface area contributed by atoms with E-state index in [-0.39, 0.29) is 16.6 Å². The molecule has 1 aliphatic rings. The van der Waals surface area contributed by atoms with Gasteiger partial charge in [0.15, 0.2) is 0 Å². The first kappa shape index (κ1) is 21.7. The number of sulfonamides is 1. The normalized spacial score (nSPS) is 13.2. The van der Waals surface area contributed by atoms with E-state index in [9.17, 15) is 13.2 Å². The SMILES string of the molecule is COc1ccc(OC)c(S(=O)(=O)Nc2ccc3c(c2)CN(C(=O)c2ccccc2)CC3)c1. The Morgan fingerprint density at radius 1 is 0.938 bits per heavy atom. The predicted molar refractivity (Wildman–Crippen MR) is 122 cm³/mol. The van der Waals surface area contributed by atoms with Gasteiger partial charge in [0.25, 0.3) is 15.9 Å². The van der Waals surface area contributed by atoms with Crippen molar-refractivity contribution in [1.82, 2.24) is 4.90 Å². The van der Waals surface area contributed by atoms with Crippen LogP contribution in [0.2, 0.25) is 0 Å². The Kier molecular flexibility index (Phi) is 6.05. The van der Waals surface area contributed by atoms with E-state index in [1.807, 2.05) is 24.3 Å². The zero-order chi connectivity index (χ0) is 22.7. The molecule has 1 N–H and O–H groups in total. The van der Waals surface area contributed by atoms with Crippen molar-refractivity contribution < 1.29 is 22.7 Å². The number of fused-ring (bicyclic) bond motifs is 1. The average Bonchev–Trinajstić information content (AvgIpc) is 2.83. The molecule has 0 atom stereocenters. The van der Waals surface area contributed by atoms with Gasteiger partial charge in [-0.15, -0.1) is 0 Å². The van der Waals surface area contributed by atoms with Gasteiger partial charge in [0.1, 0.15) is 16.4 Å². The number of hydrogen-bond donors (Lipinski definition) is 1. The van der Waals surface area contributed by atoms with E-state index < -0.39 is 10.0 Å². The number of ether oxygens (including phenoxy) is 2. The molecule has 7 nitrogen and oxygen atoms in total. The maximum Gasteiger partial charge on any atom is 0.265 e. The van der Waals surface area contributed by atoms with Crippen LogP contribution in [-0.4, -0.2) is 40.0 Å². The summed E-state index contributed by atoms with van der Waals surface area (Å²) in [7, 11) is -1.04. The molecule has 3 aromatic carbocycles. The lowest BCUT2D eigenvalue weighted by atomic mass is 9.98. The minimum atomic E-state index is -3.92. The van der Waals surface area contributed by atoms with Crippen molar-refractivity contribution in [3.8, 4) is 11.5 Å². The van der Waals surface area contributed by atoms with Gasteiger partial charge in [0.05, 0.1) is 14.2 Å². The Morgan fingerprint density at radius 2 is 1.72 bits per heavy atom. The van der Waals surface area contributed by atoms with Gasteiger partial charge in [-0.3, -0.25) is 9.52 Å². The summed E-state index contributed by atoms with van der Waals surface area (Å²) in [6, 6.07) is 19.2. The van der Waals surface area contributed by atoms with Gasteiger partial charge in [0, 0.05) is 30.4 Å². The Bertz CT molecular complexity index is 1240. The highest BCUT2D eigenvalue weighted by molar-refractivity contribution is 7.92. The number of anilines is 1. The van der Waals surface area contributed by atoms with Crippen LogP contribution in [0, 0.1) is 0 Å². The van der Waals surface area contributed by atoms with Crippen LogP contribution >= 0.6 is 0 Å². The number of methoxy groups -OCH3 is 2. The van der Waals surface area contributed by atoms with Crippen molar-refractivity contribution in [3.63, 3.8) is 0 Å². The molecule has 0 spiro atoms. The summed E-state index contributed by atoms with van der Waals surface area (Å²) in [4.78, 5) is 14.6. The third-order valence-corrected chi connectivity index (χ3v) is 6.84. The van der Waals surface area contributed by atoms with Gasteiger partial charge in [-0.25, -0.2) is 8.42 Å². The van der Waals surface area contributed by atoms with Crippen LogP contribution in [0.25, 0.3) is 0 Å². The largest absolute Gasteiger partial charge is 0.497 e. The molecule has 1 heterocycles. The monoisotopic (exact) mass is 452 g/mol. The number of amides is 1. The molecule has 166 valence electrons. The summed E-state index contributed by atoms with van der Waals surface area (Å²) in [5.41, 5.74) is 3.07. The fourth-order valence-corrected chi connectivity index (χ4v) is 5.00. The lowest BCUT2D eigenvalue weighted by molar-refractivity contribution is 0.0734. The van der Waals surface area contributed by atoms with Gasteiger partial charge < -0.3 is 14.4 Å². The summed E-state index contributed by atoms with van der Waals surface area (Å²) in [5.74, 6) is 0.589. The lowest BCUT2D eigenvalue weighted by Crippen LogP contribution is -2.36. The van der Waals surface area contributed by atoms with Crippen LogP contribution in [0.1, 0.15) is 21.5 Å². The summed E-state index contributed by atoms with van der Waals surface area (Å²) in [6.45, 7) is 1.04. The third-order valence-electron chi connectivity index (χ3n) is 5.44. The number of rotatable bonds is 6. The Hall–Kier alpha value is -3.52. The Labute approximate surface area is 187 Å². The maximum atomic E-state index is 13.1. The molecule has 0 aromatic heterocycles. The first-order chi connectivity index (χ1) is 15.4. The smallest absolute Gasteiger partial charge is 0.265 e. The molecule has 1 amide bonds. The molecule has 0 saturated carbocycles. The molecule has 0 unspecified atom stereocenters. The quantitative estimate of drug-likeness (QED) is 0.616. The second-order valence-electron chi connectivity index (χ2n) is 7.45. The first-order valence-corrected chi connectivity index (χ1v) is 11.6. The number of nitrogens with one attached hydrogen (secondary N) is 1. The van der Waals surface area contributed by atoms with Gasteiger partial charge in [-0.2, -0.15) is 0 Å². The van der Waals surface area contributed by atoms with Gasteiger partial charge in [0.2, 0.25) is 0 Å². The second kappa shape index (κ2) is 8.92. The van der Waals surface area contributed by atoms with E-state index >= 15 is 0 Å². The molecule has 4 rings (SSSR count). The van der Waals surface area contributed by atoms with Crippen LogP contribution in [0.15, 0.2) is 71.6 Å². The minimum Gasteiger partial charge on any atom is -0.497 e. The van der Waals surface area contributed by atoms with Gasteiger partial charge >= 0.3 is 0 Å². The van der Waals surface area contributed by atoms with Crippen LogP contribution in [0.3, 0.4) is 0 Å². The van der Waals surface area contributed by atoms with Crippen LogP contribution < -0.4 is 14.2 Å². The highest BCUT2D eigenvalue weighted by atomic mass is 32.2. The molecule has 0 saturated heterocycles. The maximum absolute atomic E-state index is 13.1. The molecule has 3 aromatic rings.